The highest BCUT2D eigenvalue weighted by atomic mass is 32.2. The van der Waals surface area contributed by atoms with E-state index in [1.54, 1.807) is 0 Å². The minimum atomic E-state index is -3.90. The zero-order chi connectivity index (χ0) is 32.3. The van der Waals surface area contributed by atoms with Crippen LogP contribution < -0.4 is 10.1 Å². The molecule has 2 aliphatic rings. The number of ether oxygens (including phenoxy) is 3. The van der Waals surface area contributed by atoms with Crippen LogP contribution >= 0.6 is 0 Å². The van der Waals surface area contributed by atoms with Crippen LogP contribution in [0.1, 0.15) is 45.6 Å². The highest BCUT2D eigenvalue weighted by molar-refractivity contribution is 7.89. The predicted molar refractivity (Wildman–Crippen MR) is 175 cm³/mol. The molecule has 238 valence electrons. The summed E-state index contributed by atoms with van der Waals surface area (Å²) in [5, 5.41) is 3.32. The van der Waals surface area contributed by atoms with Crippen molar-refractivity contribution in [3.05, 3.63) is 94.7 Å². The molecule has 4 aromatic rings. The lowest BCUT2D eigenvalue weighted by Crippen LogP contribution is -2.40. The molecule has 10 nitrogen and oxygen atoms in total. The van der Waals surface area contributed by atoms with Crippen molar-refractivity contribution in [1.82, 2.24) is 9.29 Å². The first-order valence-corrected chi connectivity index (χ1v) is 16.6. The van der Waals surface area contributed by atoms with Crippen LogP contribution in [0.2, 0.25) is 0 Å². The number of sulfonamides is 1. The second-order valence-electron chi connectivity index (χ2n) is 11.3. The van der Waals surface area contributed by atoms with E-state index in [2.05, 4.69) is 35.7 Å². The van der Waals surface area contributed by atoms with E-state index >= 15 is 0 Å². The SMILES string of the molecule is COc1ccc(NC(=O)COC(=O)c2c3c(nc4ccccc24)/C(=C\c2ccc(C)cc2)CCC3)cc1S(=O)(=O)N1CCOCC1. The molecule has 0 bridgehead atoms. The van der Waals surface area contributed by atoms with Crippen molar-refractivity contribution in [2.75, 3.05) is 45.3 Å². The summed E-state index contributed by atoms with van der Waals surface area (Å²) in [6.45, 7) is 2.51. The molecule has 1 aliphatic carbocycles. The number of hydrogen-bond donors (Lipinski definition) is 1. The van der Waals surface area contributed by atoms with E-state index in [1.165, 1.54) is 35.2 Å². The summed E-state index contributed by atoms with van der Waals surface area (Å²) in [5.41, 5.74) is 6.17. The second kappa shape index (κ2) is 13.4. The number of carbonyl (C=O) groups excluding carboxylic acids is 2. The number of allylic oxidation sites excluding steroid dienone is 1. The van der Waals surface area contributed by atoms with Crippen molar-refractivity contribution in [3.8, 4) is 5.75 Å². The summed E-state index contributed by atoms with van der Waals surface area (Å²) >= 11 is 0. The monoisotopic (exact) mass is 641 g/mol. The molecule has 0 radical (unpaired) electrons. The van der Waals surface area contributed by atoms with Gasteiger partial charge in [0.2, 0.25) is 10.0 Å². The van der Waals surface area contributed by atoms with Crippen LogP contribution in [0.5, 0.6) is 5.75 Å². The standard InChI is InChI=1S/C35H35N3O7S/c1-23-10-12-24(13-11-23)20-25-6-5-8-28-33(27-7-3-4-9-29(27)37-34(25)28)35(40)45-22-32(39)36-26-14-15-30(43-2)31(21-26)46(41,42)38-16-18-44-19-17-38/h3-4,7,9-15,20-21H,5-6,8,16-19,22H2,1-2H3,(H,36,39)/b25-20-. The molecule has 0 atom stereocenters. The van der Waals surface area contributed by atoms with Crippen molar-refractivity contribution in [2.45, 2.75) is 31.1 Å². The van der Waals surface area contributed by atoms with Gasteiger partial charge in [-0.2, -0.15) is 4.31 Å². The van der Waals surface area contributed by atoms with E-state index in [-0.39, 0.29) is 29.4 Å². The van der Waals surface area contributed by atoms with Gasteiger partial charge < -0.3 is 19.5 Å². The molecule has 6 rings (SSSR count). The van der Waals surface area contributed by atoms with Gasteiger partial charge in [-0.1, -0.05) is 48.0 Å². The van der Waals surface area contributed by atoms with Gasteiger partial charge in [-0.15, -0.1) is 0 Å². The van der Waals surface area contributed by atoms with Crippen LogP contribution in [0, 0.1) is 6.92 Å². The van der Waals surface area contributed by atoms with E-state index in [1.807, 2.05) is 31.2 Å². The van der Waals surface area contributed by atoms with E-state index in [0.717, 1.165) is 35.2 Å². The summed E-state index contributed by atoms with van der Waals surface area (Å²) in [4.78, 5) is 31.5. The summed E-state index contributed by atoms with van der Waals surface area (Å²) in [6, 6.07) is 20.0. The number of para-hydroxylation sites is 1. The summed E-state index contributed by atoms with van der Waals surface area (Å²) in [7, 11) is -2.52. The lowest BCUT2D eigenvalue weighted by atomic mass is 9.86. The first-order chi connectivity index (χ1) is 22.2. The fourth-order valence-electron chi connectivity index (χ4n) is 5.85. The Morgan fingerprint density at radius 1 is 1.02 bits per heavy atom. The fraction of sp³-hybridized carbons (Fsp3) is 0.286. The molecule has 1 amide bonds. The Morgan fingerprint density at radius 3 is 2.54 bits per heavy atom. The van der Waals surface area contributed by atoms with E-state index < -0.39 is 28.5 Å². The molecule has 46 heavy (non-hydrogen) atoms. The number of aromatic nitrogens is 1. The number of esters is 1. The third-order valence-electron chi connectivity index (χ3n) is 8.16. The Bertz CT molecular complexity index is 1930. The average Bonchev–Trinajstić information content (AvgIpc) is 3.07. The van der Waals surface area contributed by atoms with E-state index in [0.29, 0.717) is 36.1 Å². The van der Waals surface area contributed by atoms with Gasteiger partial charge in [0, 0.05) is 24.2 Å². The average molecular weight is 642 g/mol. The van der Waals surface area contributed by atoms with Crippen molar-refractivity contribution in [1.29, 1.82) is 0 Å². The molecule has 1 saturated heterocycles. The second-order valence-corrected chi connectivity index (χ2v) is 13.2. The summed E-state index contributed by atoms with van der Waals surface area (Å²) in [5.74, 6) is -1.08. The lowest BCUT2D eigenvalue weighted by Gasteiger charge is -2.26. The van der Waals surface area contributed by atoms with Gasteiger partial charge in [-0.3, -0.25) is 4.79 Å². The number of methoxy groups -OCH3 is 1. The Labute approximate surface area is 268 Å². The van der Waals surface area contributed by atoms with Crippen molar-refractivity contribution >= 4 is 50.1 Å². The number of pyridine rings is 1. The Hall–Kier alpha value is -4.58. The minimum Gasteiger partial charge on any atom is -0.495 e. The zero-order valence-electron chi connectivity index (χ0n) is 25.7. The quantitative estimate of drug-likeness (QED) is 0.259. The zero-order valence-corrected chi connectivity index (χ0v) is 26.6. The van der Waals surface area contributed by atoms with Crippen LogP contribution in [0.4, 0.5) is 5.69 Å². The Kier molecular flexibility index (Phi) is 9.16. The molecule has 0 spiro atoms. The molecule has 0 saturated carbocycles. The highest BCUT2D eigenvalue weighted by Crippen LogP contribution is 2.36. The largest absolute Gasteiger partial charge is 0.495 e. The number of benzene rings is 3. The van der Waals surface area contributed by atoms with Crippen LogP contribution in [-0.4, -0.2) is 69.6 Å². The van der Waals surface area contributed by atoms with Gasteiger partial charge in [-0.25, -0.2) is 18.2 Å². The smallest absolute Gasteiger partial charge is 0.339 e. The van der Waals surface area contributed by atoms with Crippen LogP contribution in [0.3, 0.4) is 0 Å². The number of amides is 1. The maximum absolute atomic E-state index is 13.7. The molecule has 11 heteroatoms. The van der Waals surface area contributed by atoms with Gasteiger partial charge in [0.25, 0.3) is 5.91 Å². The molecular formula is C35H35N3O7S. The molecular weight excluding hydrogens is 606 g/mol. The summed E-state index contributed by atoms with van der Waals surface area (Å²) in [6.07, 6.45) is 4.44. The predicted octanol–water partition coefficient (Wildman–Crippen LogP) is 5.25. The highest BCUT2D eigenvalue weighted by Gasteiger charge is 2.30. The first kappa shape index (κ1) is 31.4. The number of aryl methyl sites for hydroxylation is 1. The maximum atomic E-state index is 13.7. The normalized spacial score (nSPS) is 16.2. The number of fused-ring (bicyclic) bond motifs is 2. The number of anilines is 1. The molecule has 1 aliphatic heterocycles. The number of nitrogens with zero attached hydrogens (tertiary/aromatic N) is 2. The van der Waals surface area contributed by atoms with Gasteiger partial charge >= 0.3 is 5.97 Å². The van der Waals surface area contributed by atoms with Gasteiger partial charge in [0.15, 0.2) is 6.61 Å². The molecule has 1 N–H and O–H groups in total. The molecule has 3 aromatic carbocycles. The van der Waals surface area contributed by atoms with Gasteiger partial charge in [0.05, 0.1) is 37.1 Å². The third-order valence-corrected chi connectivity index (χ3v) is 10.1. The van der Waals surface area contributed by atoms with Crippen LogP contribution in [0.25, 0.3) is 22.6 Å². The summed E-state index contributed by atoms with van der Waals surface area (Å²) < 4.78 is 44.2. The van der Waals surface area contributed by atoms with Crippen molar-refractivity contribution in [3.63, 3.8) is 0 Å². The fourth-order valence-corrected chi connectivity index (χ4v) is 7.44. The van der Waals surface area contributed by atoms with E-state index in [9.17, 15) is 18.0 Å². The van der Waals surface area contributed by atoms with Gasteiger partial charge in [-0.05, 0) is 73.2 Å². The Morgan fingerprint density at radius 2 is 1.78 bits per heavy atom. The van der Waals surface area contributed by atoms with Gasteiger partial charge in [0.1, 0.15) is 10.6 Å². The Balaban J connectivity index is 1.23. The van der Waals surface area contributed by atoms with Crippen molar-refractivity contribution < 1.29 is 32.2 Å². The lowest BCUT2D eigenvalue weighted by molar-refractivity contribution is -0.119. The molecule has 1 aromatic heterocycles. The van der Waals surface area contributed by atoms with E-state index in [4.69, 9.17) is 19.2 Å². The molecule has 0 unspecified atom stereocenters. The first-order valence-electron chi connectivity index (χ1n) is 15.2. The number of carbonyl (C=O) groups is 2. The van der Waals surface area contributed by atoms with Crippen LogP contribution in [-0.2, 0) is 30.7 Å². The maximum Gasteiger partial charge on any atom is 0.339 e. The third kappa shape index (κ3) is 6.53. The number of rotatable bonds is 8. The topological polar surface area (TPSA) is 124 Å². The van der Waals surface area contributed by atoms with Crippen molar-refractivity contribution in [2.24, 2.45) is 0 Å². The number of nitrogens with one attached hydrogen (secondary N) is 1. The minimum absolute atomic E-state index is 0.0731. The van der Waals surface area contributed by atoms with Crippen LogP contribution in [0.15, 0.2) is 71.6 Å². The number of morpholine rings is 1. The molecule has 2 heterocycles. The molecule has 1 fully saturated rings. The number of hydrogen-bond acceptors (Lipinski definition) is 8.